The Morgan fingerprint density at radius 1 is 0.581 bits per heavy atom. The lowest BCUT2D eigenvalue weighted by molar-refractivity contribution is 0.443. The fourth-order valence-corrected chi connectivity index (χ4v) is 4.89. The fraction of sp³-hybridized carbons (Fsp3) is 0.474. The van der Waals surface area contributed by atoms with E-state index in [2.05, 4.69) is 101 Å². The highest BCUT2D eigenvalue weighted by atomic mass is 16.3. The van der Waals surface area contributed by atoms with Crippen LogP contribution in [0.3, 0.4) is 0 Å². The molecule has 0 fully saturated rings. The van der Waals surface area contributed by atoms with Crippen molar-refractivity contribution >= 4 is 23.8 Å². The first-order chi connectivity index (χ1) is 19.6. The number of hydrogen-bond acceptors (Lipinski definition) is 5. The Bertz CT molecular complexity index is 1520. The second-order valence-electron chi connectivity index (χ2n) is 15.8. The quantitative estimate of drug-likeness (QED) is 0.253. The van der Waals surface area contributed by atoms with E-state index < -0.39 is 0 Å². The topological polar surface area (TPSA) is 77.2 Å². The van der Waals surface area contributed by atoms with Gasteiger partial charge in [-0.05, 0) is 69.7 Å². The van der Waals surface area contributed by atoms with Gasteiger partial charge in [0.1, 0.15) is 11.5 Å². The molecular formula is C38H53N3O2. The summed E-state index contributed by atoms with van der Waals surface area (Å²) >= 11 is 0. The first-order valence-corrected chi connectivity index (χ1v) is 15.2. The number of phenolic OH excluding ortho intramolecular Hbond substituents is 2. The molecule has 3 aromatic carbocycles. The van der Waals surface area contributed by atoms with Gasteiger partial charge < -0.3 is 15.5 Å². The minimum Gasteiger partial charge on any atom is -0.507 e. The maximum atomic E-state index is 11.3. The van der Waals surface area contributed by atoms with Crippen molar-refractivity contribution in [1.29, 1.82) is 0 Å². The summed E-state index contributed by atoms with van der Waals surface area (Å²) in [5.74, 6) is 0.499. The highest BCUT2D eigenvalue weighted by Crippen LogP contribution is 2.39. The predicted molar refractivity (Wildman–Crippen MR) is 185 cm³/mol. The molecule has 3 rings (SSSR count). The van der Waals surface area contributed by atoms with Gasteiger partial charge in [0.2, 0.25) is 0 Å². The molecule has 0 radical (unpaired) electrons. The van der Waals surface area contributed by atoms with E-state index in [0.717, 1.165) is 27.8 Å². The smallest absolute Gasteiger partial charge is 0.128 e. The summed E-state index contributed by atoms with van der Waals surface area (Å²) in [7, 11) is 1.91. The van der Waals surface area contributed by atoms with E-state index in [1.165, 1.54) is 0 Å². The molecule has 3 N–H and O–H groups in total. The maximum absolute atomic E-state index is 11.3. The molecule has 0 atom stereocenters. The van der Waals surface area contributed by atoms with Gasteiger partial charge in [-0.3, -0.25) is 9.98 Å². The van der Waals surface area contributed by atoms with Crippen LogP contribution in [0.15, 0.2) is 52.4 Å². The fourth-order valence-electron chi connectivity index (χ4n) is 4.89. The number of aliphatic imine (C=N–C) groups is 2. The molecule has 5 heteroatoms. The van der Waals surface area contributed by atoms with Crippen molar-refractivity contribution in [2.45, 2.75) is 111 Å². The molecule has 0 bridgehead atoms. The summed E-state index contributed by atoms with van der Waals surface area (Å²) < 4.78 is 0. The molecule has 0 unspecified atom stereocenters. The van der Waals surface area contributed by atoms with Crippen molar-refractivity contribution in [3.8, 4) is 11.5 Å². The Labute approximate surface area is 260 Å². The molecule has 43 heavy (non-hydrogen) atoms. The third kappa shape index (κ3) is 8.35. The van der Waals surface area contributed by atoms with Crippen molar-refractivity contribution in [2.24, 2.45) is 9.98 Å². The summed E-state index contributed by atoms with van der Waals surface area (Å²) in [4.78, 5) is 9.74. The zero-order valence-corrected chi connectivity index (χ0v) is 28.7. The molecule has 0 aliphatic rings. The van der Waals surface area contributed by atoms with Crippen LogP contribution in [-0.4, -0.2) is 29.7 Å². The van der Waals surface area contributed by atoms with E-state index in [1.807, 2.05) is 37.4 Å². The number of nitrogens with one attached hydrogen (secondary N) is 1. The maximum Gasteiger partial charge on any atom is 0.128 e. The molecule has 0 aromatic heterocycles. The summed E-state index contributed by atoms with van der Waals surface area (Å²) in [5.41, 5.74) is 7.23. The van der Waals surface area contributed by atoms with E-state index in [0.29, 0.717) is 29.0 Å². The third-order valence-corrected chi connectivity index (χ3v) is 7.73. The second kappa shape index (κ2) is 12.3. The van der Waals surface area contributed by atoms with Crippen molar-refractivity contribution < 1.29 is 10.2 Å². The van der Waals surface area contributed by atoms with Gasteiger partial charge in [-0.1, -0.05) is 101 Å². The monoisotopic (exact) mass is 583 g/mol. The molecule has 3 aromatic rings. The first-order valence-electron chi connectivity index (χ1n) is 15.2. The molecule has 0 aliphatic heterocycles. The van der Waals surface area contributed by atoms with Crippen LogP contribution >= 0.6 is 0 Å². The summed E-state index contributed by atoms with van der Waals surface area (Å²) in [6.45, 7) is 26.4. The largest absolute Gasteiger partial charge is 0.507 e. The molecule has 0 heterocycles. The number of rotatable bonds is 6. The standard InChI is InChI=1S/C38H53N3O2/c1-35(2,3)27-17-25(33(42)29(19-27)37(7,8)9)22-40-31-15-14-24(21-39-13)16-32(31)41-23-26-18-28(36(4,5)6)20-30(34(26)43)38(10,11)12/h14-20,22-23,39,42-43H,21H2,1-13H3/b40-22+,41-23+. The number of aromatic hydroxyl groups is 2. The van der Waals surface area contributed by atoms with Crippen LogP contribution in [0.2, 0.25) is 0 Å². The lowest BCUT2D eigenvalue weighted by Gasteiger charge is -2.27. The van der Waals surface area contributed by atoms with Gasteiger partial charge in [0, 0.05) is 41.2 Å². The van der Waals surface area contributed by atoms with Crippen molar-refractivity contribution in [3.63, 3.8) is 0 Å². The van der Waals surface area contributed by atoms with Crippen molar-refractivity contribution in [2.75, 3.05) is 7.05 Å². The number of nitrogens with zero attached hydrogens (tertiary/aromatic N) is 2. The van der Waals surface area contributed by atoms with Gasteiger partial charge in [0.15, 0.2) is 0 Å². The number of benzene rings is 3. The van der Waals surface area contributed by atoms with Crippen LogP contribution in [0.5, 0.6) is 11.5 Å². The lowest BCUT2D eigenvalue weighted by Crippen LogP contribution is -2.17. The Hall–Kier alpha value is -3.44. The second-order valence-corrected chi connectivity index (χ2v) is 15.8. The van der Waals surface area contributed by atoms with Gasteiger partial charge in [-0.15, -0.1) is 0 Å². The highest BCUT2D eigenvalue weighted by molar-refractivity contribution is 5.90. The SMILES string of the molecule is CNCc1ccc(/N=C/c2cc(C(C)(C)C)cc(C(C)(C)C)c2O)c(/N=C/c2cc(C(C)(C)C)cc(C(C)(C)C)c2O)c1. The molecule has 0 saturated heterocycles. The third-order valence-electron chi connectivity index (χ3n) is 7.73. The van der Waals surface area contributed by atoms with Crippen molar-refractivity contribution in [1.82, 2.24) is 5.32 Å². The minimum absolute atomic E-state index is 0.0873. The summed E-state index contributed by atoms with van der Waals surface area (Å²) in [5, 5.41) is 25.8. The van der Waals surface area contributed by atoms with E-state index in [-0.39, 0.29) is 33.2 Å². The normalized spacial score (nSPS) is 13.4. The van der Waals surface area contributed by atoms with E-state index in [4.69, 9.17) is 9.98 Å². The zero-order valence-electron chi connectivity index (χ0n) is 28.7. The van der Waals surface area contributed by atoms with Gasteiger partial charge in [0.05, 0.1) is 11.4 Å². The van der Waals surface area contributed by atoms with Crippen LogP contribution in [0.25, 0.3) is 0 Å². The van der Waals surface area contributed by atoms with Crippen LogP contribution < -0.4 is 5.32 Å². The predicted octanol–water partition coefficient (Wildman–Crippen LogP) is 9.51. The summed E-state index contributed by atoms with van der Waals surface area (Å²) in [6, 6.07) is 14.3. The summed E-state index contributed by atoms with van der Waals surface area (Å²) in [6.07, 6.45) is 3.48. The highest BCUT2D eigenvalue weighted by Gasteiger charge is 2.26. The van der Waals surface area contributed by atoms with Crippen LogP contribution in [0.4, 0.5) is 11.4 Å². The van der Waals surface area contributed by atoms with Crippen molar-refractivity contribution in [3.05, 3.63) is 81.4 Å². The number of hydrogen-bond donors (Lipinski definition) is 3. The number of phenols is 2. The average molecular weight is 584 g/mol. The molecular weight excluding hydrogens is 530 g/mol. The first kappa shape index (κ1) is 34.1. The van der Waals surface area contributed by atoms with Gasteiger partial charge >= 0.3 is 0 Å². The molecule has 0 spiro atoms. The van der Waals surface area contributed by atoms with Gasteiger partial charge in [0.25, 0.3) is 0 Å². The Balaban J connectivity index is 2.19. The van der Waals surface area contributed by atoms with Crippen LogP contribution in [-0.2, 0) is 28.2 Å². The van der Waals surface area contributed by atoms with Crippen LogP contribution in [0.1, 0.15) is 122 Å². The molecule has 0 amide bonds. The van der Waals surface area contributed by atoms with Gasteiger partial charge in [-0.25, -0.2) is 0 Å². The van der Waals surface area contributed by atoms with Gasteiger partial charge in [-0.2, -0.15) is 0 Å². The Kier molecular flexibility index (Phi) is 9.72. The molecule has 0 saturated carbocycles. The lowest BCUT2D eigenvalue weighted by atomic mass is 9.79. The zero-order chi connectivity index (χ0) is 32.5. The molecule has 5 nitrogen and oxygen atoms in total. The Morgan fingerprint density at radius 3 is 1.37 bits per heavy atom. The Morgan fingerprint density at radius 2 is 1.00 bits per heavy atom. The van der Waals surface area contributed by atoms with E-state index in [9.17, 15) is 10.2 Å². The minimum atomic E-state index is -0.231. The van der Waals surface area contributed by atoms with E-state index in [1.54, 1.807) is 12.4 Å². The van der Waals surface area contributed by atoms with E-state index >= 15 is 0 Å². The average Bonchev–Trinajstić information content (AvgIpc) is 2.85. The molecule has 232 valence electrons. The van der Waals surface area contributed by atoms with Crippen LogP contribution in [0, 0.1) is 0 Å². The molecule has 0 aliphatic carbocycles.